The summed E-state index contributed by atoms with van der Waals surface area (Å²) >= 11 is 5.27. The first kappa shape index (κ1) is 82.2. The van der Waals surface area contributed by atoms with Crippen LogP contribution in [0.5, 0.6) is 40.5 Å². The third kappa shape index (κ3) is 21.3. The number of nitrogens with zero attached hydrogens (tertiary/aromatic N) is 6. The number of aromatic amines is 1. The van der Waals surface area contributed by atoms with Crippen LogP contribution in [-0.2, 0) is 51.4 Å². The molecule has 23 heteroatoms. The fourth-order valence-corrected chi connectivity index (χ4v) is 19.1. The summed E-state index contributed by atoms with van der Waals surface area (Å²) in [5.74, 6) is 4.63. The van der Waals surface area contributed by atoms with Gasteiger partial charge in [0.2, 0.25) is 17.3 Å². The Morgan fingerprint density at radius 3 is 1.35 bits per heavy atom. The summed E-state index contributed by atoms with van der Waals surface area (Å²) in [6.07, 6.45) is 2.45. The summed E-state index contributed by atoms with van der Waals surface area (Å²) in [6.45, 7) is 25.7. The van der Waals surface area contributed by atoms with Crippen LogP contribution in [0.15, 0.2) is 228 Å². The van der Waals surface area contributed by atoms with Crippen LogP contribution < -0.4 is 48.7 Å². The summed E-state index contributed by atoms with van der Waals surface area (Å²) in [6, 6.07) is 66.8. The third-order valence-corrected chi connectivity index (χ3v) is 26.9. The Hall–Kier alpha value is -9.92. The van der Waals surface area contributed by atoms with Crippen LogP contribution in [0.1, 0.15) is 58.4 Å². The molecule has 9 heterocycles. The first-order chi connectivity index (χ1) is 57.1. The number of rotatable bonds is 26. The number of benzene rings is 8. The van der Waals surface area contributed by atoms with E-state index in [1.54, 1.807) is 55.6 Å². The molecule has 2 N–H and O–H groups in total. The molecule has 0 spiro atoms. The predicted octanol–water partition coefficient (Wildman–Crippen LogP) is 18.5. The highest BCUT2D eigenvalue weighted by molar-refractivity contribution is 8.00. The van der Waals surface area contributed by atoms with Crippen LogP contribution in [0, 0.1) is 0 Å². The van der Waals surface area contributed by atoms with Gasteiger partial charge in [0, 0.05) is 161 Å². The van der Waals surface area contributed by atoms with Crippen LogP contribution in [0.25, 0.3) is 33.8 Å². The summed E-state index contributed by atoms with van der Waals surface area (Å²) in [5.41, 5.74) is 18.1. The van der Waals surface area contributed by atoms with Gasteiger partial charge in [-0.25, -0.2) is 9.97 Å². The summed E-state index contributed by atoms with van der Waals surface area (Å²) in [4.78, 5) is 42.3. The van der Waals surface area contributed by atoms with Crippen LogP contribution in [0.2, 0.25) is 25.7 Å². The van der Waals surface area contributed by atoms with E-state index in [0.717, 1.165) is 174 Å². The minimum atomic E-state index is -1.17. The molecule has 117 heavy (non-hydrogen) atoms. The van der Waals surface area contributed by atoms with E-state index in [9.17, 15) is 9.90 Å². The minimum Gasteiger partial charge on any atom is -0.508 e. The van der Waals surface area contributed by atoms with E-state index in [4.69, 9.17) is 57.3 Å². The number of ether oxygens (including phenoxy) is 10. The van der Waals surface area contributed by atoms with E-state index < -0.39 is 8.07 Å². The van der Waals surface area contributed by atoms with Gasteiger partial charge in [0.15, 0.2) is 6.79 Å². The number of hydrogen-bond acceptors (Lipinski definition) is 21. The fraction of sp³-hybridized carbons (Fsp3) is 0.330. The molecular formula is C94H103N7O12S3Si. The molecule has 19 nitrogen and oxygen atoms in total. The van der Waals surface area contributed by atoms with Gasteiger partial charge in [-0.15, -0.1) is 0 Å². The topological polar surface area (TPSA) is 184 Å². The van der Waals surface area contributed by atoms with Crippen molar-refractivity contribution in [1.82, 2.24) is 19.9 Å². The normalized spacial score (nSPS) is 14.7. The standard InChI is InChI=1S/C36H42N2O5SSi.C30H28N2O4S.C28H33N3O3S/c1-39-29-11-9-26(10-12-29)24-42-36-21-28(38-13-15-40-16-14-38)20-33(37-36)31-22-30(43-25-41-17-18-45(2,3)4)23-35-32(31)19-27-7-5-6-8-34(27)44-35;1-34-24-8-6-20(7-9-24)19-36-30-16-22(32-10-12-35-13-11-32)15-27(31-30)25-17-23(33)18-29-26(25)14-21-4-2-3-5-28(21)37-29;1-3-30(4-2)9-14-34-22-18-23(24-15-20-7-5-6-8-26(20)35-27(24)19-22)25-16-21(17-28(32)29-25)31-10-12-33-13-11-31/h5-12,20-23H,13-19,24-25H2,1-4H3;2-9,15-18,33H,10-14,19H2,1H3;5-8,16-19H,3-4,9-15H2,1-2H3,(H,29,32). The first-order valence-electron chi connectivity index (χ1n) is 40.5. The number of phenols is 1. The minimum absolute atomic E-state index is 0.0885. The van der Waals surface area contributed by atoms with Crippen molar-refractivity contribution in [3.05, 3.63) is 249 Å². The van der Waals surface area contributed by atoms with E-state index in [1.165, 1.54) is 57.9 Å². The Morgan fingerprint density at radius 2 is 0.889 bits per heavy atom. The van der Waals surface area contributed by atoms with Crippen LogP contribution in [0.4, 0.5) is 17.1 Å². The van der Waals surface area contributed by atoms with Gasteiger partial charge in [-0.2, -0.15) is 0 Å². The van der Waals surface area contributed by atoms with E-state index in [2.05, 4.69) is 173 Å². The molecule has 0 unspecified atom stereocenters. The van der Waals surface area contributed by atoms with Crippen LogP contribution in [0.3, 0.4) is 0 Å². The molecule has 8 aromatic carbocycles. The fourth-order valence-electron chi connectivity index (χ4n) is 15.0. The van der Waals surface area contributed by atoms with Crippen molar-refractivity contribution in [3.63, 3.8) is 0 Å². The van der Waals surface area contributed by atoms with Gasteiger partial charge in [0.05, 0.1) is 70.9 Å². The molecule has 0 atom stereocenters. The van der Waals surface area contributed by atoms with Gasteiger partial charge in [0.1, 0.15) is 48.6 Å². The second-order valence-electron chi connectivity index (χ2n) is 30.7. The number of anilines is 3. The quantitative estimate of drug-likeness (QED) is 0.0296. The van der Waals surface area contributed by atoms with Crippen molar-refractivity contribution in [2.24, 2.45) is 0 Å². The maximum Gasteiger partial charge on any atom is 0.250 e. The van der Waals surface area contributed by atoms with Crippen molar-refractivity contribution in [3.8, 4) is 74.3 Å². The Labute approximate surface area is 700 Å². The number of nitrogens with one attached hydrogen (secondary N) is 1. The number of morpholine rings is 3. The zero-order valence-electron chi connectivity index (χ0n) is 67.8. The second-order valence-corrected chi connectivity index (χ2v) is 39.5. The summed E-state index contributed by atoms with van der Waals surface area (Å²) in [5, 5.41) is 10.7. The van der Waals surface area contributed by atoms with Crippen molar-refractivity contribution in [2.75, 3.05) is 147 Å². The number of phenolic OH excluding ortho intramolecular Hbond substituents is 1. The molecule has 3 fully saturated rings. The molecular weight excluding hydrogens is 1540 g/mol. The second kappa shape index (κ2) is 39.1. The molecule has 0 aliphatic carbocycles. The van der Waals surface area contributed by atoms with E-state index >= 15 is 0 Å². The number of H-pyrrole nitrogens is 1. The Bertz CT molecular complexity index is 5280. The monoisotopic (exact) mass is 1650 g/mol. The lowest BCUT2D eigenvalue weighted by Crippen LogP contribution is -2.36. The number of aromatic nitrogens is 3. The zero-order valence-corrected chi connectivity index (χ0v) is 71.2. The summed E-state index contributed by atoms with van der Waals surface area (Å²) < 4.78 is 58.3. The molecule has 0 amide bonds. The molecule has 3 saturated heterocycles. The average Bonchev–Trinajstić information content (AvgIpc) is 0.781. The van der Waals surface area contributed by atoms with E-state index in [0.29, 0.717) is 77.8 Å². The number of fused-ring (bicyclic) bond motifs is 6. The number of hydrogen-bond donors (Lipinski definition) is 2. The average molecular weight is 1650 g/mol. The largest absolute Gasteiger partial charge is 0.508 e. The van der Waals surface area contributed by atoms with Gasteiger partial charge in [-0.05, 0) is 161 Å². The third-order valence-electron chi connectivity index (χ3n) is 21.6. The maximum absolute atomic E-state index is 12.7. The Morgan fingerprint density at radius 1 is 0.462 bits per heavy atom. The molecule has 6 aliphatic heterocycles. The van der Waals surface area contributed by atoms with E-state index in [1.807, 2.05) is 72.8 Å². The van der Waals surface area contributed by atoms with Gasteiger partial charge < -0.3 is 77.1 Å². The molecule has 11 aromatic rings. The Balaban J connectivity index is 0.000000139. The number of methoxy groups -OCH3 is 2. The van der Waals surface area contributed by atoms with Gasteiger partial charge in [-0.1, -0.05) is 148 Å². The van der Waals surface area contributed by atoms with Gasteiger partial charge in [0.25, 0.3) is 0 Å². The lowest BCUT2D eigenvalue weighted by atomic mass is 9.96. The lowest BCUT2D eigenvalue weighted by Gasteiger charge is -2.29. The molecule has 0 bridgehead atoms. The summed E-state index contributed by atoms with van der Waals surface area (Å²) in [7, 11) is 2.16. The van der Waals surface area contributed by atoms with Crippen LogP contribution >= 0.6 is 35.3 Å². The van der Waals surface area contributed by atoms with Crippen molar-refractivity contribution < 1.29 is 52.5 Å². The maximum atomic E-state index is 12.7. The molecule has 17 rings (SSSR count). The smallest absolute Gasteiger partial charge is 0.250 e. The zero-order chi connectivity index (χ0) is 80.6. The molecule has 6 aliphatic rings. The van der Waals surface area contributed by atoms with Crippen LogP contribution in [-0.4, -0.2) is 166 Å². The van der Waals surface area contributed by atoms with Crippen molar-refractivity contribution in [1.29, 1.82) is 0 Å². The highest BCUT2D eigenvalue weighted by Crippen LogP contribution is 2.49. The molecule has 0 radical (unpaired) electrons. The van der Waals surface area contributed by atoms with Crippen molar-refractivity contribution in [2.45, 2.75) is 101 Å². The number of likely N-dealkylation sites (N-methyl/N-ethyl adjacent to an activating group) is 1. The molecule has 608 valence electrons. The Kier molecular flexibility index (Phi) is 27.5. The first-order valence-corrected chi connectivity index (χ1v) is 46.6. The van der Waals surface area contributed by atoms with E-state index in [-0.39, 0.29) is 18.1 Å². The van der Waals surface area contributed by atoms with Crippen molar-refractivity contribution >= 4 is 60.4 Å². The van der Waals surface area contributed by atoms with Gasteiger partial charge >= 0.3 is 0 Å². The molecule has 3 aromatic heterocycles. The predicted molar refractivity (Wildman–Crippen MR) is 470 cm³/mol. The molecule has 0 saturated carbocycles. The number of aromatic hydroxyl groups is 1. The highest BCUT2D eigenvalue weighted by atomic mass is 32.2. The SMILES string of the molecule is CCN(CC)CCOc1cc2c(c(-c3cc(N4CCOCC4)cc(=O)[nH]3)c1)Cc1ccccc1S2.COc1ccc(COc2cc(N3CCOCC3)cc(-c3cc(O)cc4c3Cc3ccccc3S4)n2)cc1.COc1ccc(COc2cc(N3CCOCC3)cc(-c3cc(OCOCC[Si](C)(C)C)cc4c3Cc3ccccc3S4)n2)cc1. The lowest BCUT2D eigenvalue weighted by molar-refractivity contribution is 0.0219. The highest BCUT2D eigenvalue weighted by Gasteiger charge is 2.29. The van der Waals surface area contributed by atoms with Gasteiger partial charge in [-0.3, -0.25) is 4.79 Å². The number of pyridine rings is 3.